The zero-order valence-corrected chi connectivity index (χ0v) is 10.6. The van der Waals surface area contributed by atoms with E-state index in [0.29, 0.717) is 0 Å². The van der Waals surface area contributed by atoms with Crippen molar-refractivity contribution in [3.63, 3.8) is 0 Å². The van der Waals surface area contributed by atoms with Gasteiger partial charge in [0.1, 0.15) is 5.82 Å². The van der Waals surface area contributed by atoms with Gasteiger partial charge in [0.15, 0.2) is 0 Å². The van der Waals surface area contributed by atoms with Gasteiger partial charge in [-0.3, -0.25) is 4.90 Å². The number of likely N-dealkylation sites (tertiary alicyclic amines) is 1. The predicted molar refractivity (Wildman–Crippen MR) is 68.4 cm³/mol. The van der Waals surface area contributed by atoms with Crippen molar-refractivity contribution in [2.24, 2.45) is 11.7 Å². The van der Waals surface area contributed by atoms with Gasteiger partial charge in [0.05, 0.1) is 5.69 Å². The summed E-state index contributed by atoms with van der Waals surface area (Å²) < 4.78 is 0. The Morgan fingerprint density at radius 1 is 1.41 bits per heavy atom. The summed E-state index contributed by atoms with van der Waals surface area (Å²) in [6.07, 6.45) is 5.59. The standard InChI is InChI=1S/C13H22N4/c1-11-15-7-3-13(16-11)10-17-8-4-12(2-6-14)5-9-17/h3,7,12H,2,4-6,8-10,14H2,1H3. The summed E-state index contributed by atoms with van der Waals surface area (Å²) in [7, 11) is 0. The molecule has 0 atom stereocenters. The monoisotopic (exact) mass is 234 g/mol. The molecule has 0 radical (unpaired) electrons. The van der Waals surface area contributed by atoms with Crippen molar-refractivity contribution in [1.82, 2.24) is 14.9 Å². The quantitative estimate of drug-likeness (QED) is 0.854. The summed E-state index contributed by atoms with van der Waals surface area (Å²) in [6.45, 7) is 6.08. The molecule has 1 aromatic heterocycles. The van der Waals surface area contributed by atoms with E-state index >= 15 is 0 Å². The smallest absolute Gasteiger partial charge is 0.125 e. The van der Waals surface area contributed by atoms with Crippen molar-refractivity contribution >= 4 is 0 Å². The number of piperidine rings is 1. The molecule has 1 aromatic rings. The fourth-order valence-electron chi connectivity index (χ4n) is 2.49. The largest absolute Gasteiger partial charge is 0.330 e. The normalized spacial score (nSPS) is 18.5. The number of nitrogens with two attached hydrogens (primary N) is 1. The molecular formula is C13H22N4. The van der Waals surface area contributed by atoms with Crippen LogP contribution in [-0.4, -0.2) is 34.5 Å². The molecule has 0 saturated carbocycles. The summed E-state index contributed by atoms with van der Waals surface area (Å²) in [5.74, 6) is 1.70. The first kappa shape index (κ1) is 12.5. The molecule has 94 valence electrons. The summed E-state index contributed by atoms with van der Waals surface area (Å²) in [5.41, 5.74) is 6.74. The van der Waals surface area contributed by atoms with E-state index in [-0.39, 0.29) is 0 Å². The lowest BCUT2D eigenvalue weighted by atomic mass is 9.93. The molecule has 4 nitrogen and oxygen atoms in total. The van der Waals surface area contributed by atoms with Crippen molar-refractivity contribution in [1.29, 1.82) is 0 Å². The van der Waals surface area contributed by atoms with Gasteiger partial charge in [-0.2, -0.15) is 0 Å². The van der Waals surface area contributed by atoms with Crippen LogP contribution >= 0.6 is 0 Å². The Balaban J connectivity index is 1.82. The average molecular weight is 234 g/mol. The molecule has 17 heavy (non-hydrogen) atoms. The molecular weight excluding hydrogens is 212 g/mol. The second-order valence-corrected chi connectivity index (χ2v) is 4.89. The first-order valence-electron chi connectivity index (χ1n) is 6.49. The molecule has 1 fully saturated rings. The summed E-state index contributed by atoms with van der Waals surface area (Å²) in [6, 6.07) is 2.01. The maximum atomic E-state index is 5.60. The van der Waals surface area contributed by atoms with Gasteiger partial charge in [-0.05, 0) is 57.8 Å². The third kappa shape index (κ3) is 3.75. The van der Waals surface area contributed by atoms with Crippen molar-refractivity contribution in [3.05, 3.63) is 23.8 Å². The van der Waals surface area contributed by atoms with Gasteiger partial charge in [-0.1, -0.05) is 0 Å². The average Bonchev–Trinajstić information content (AvgIpc) is 2.32. The van der Waals surface area contributed by atoms with Gasteiger partial charge in [-0.25, -0.2) is 9.97 Å². The highest BCUT2D eigenvalue weighted by atomic mass is 15.1. The molecule has 1 saturated heterocycles. The maximum absolute atomic E-state index is 5.60. The van der Waals surface area contributed by atoms with Gasteiger partial charge in [0, 0.05) is 12.7 Å². The Morgan fingerprint density at radius 3 is 2.82 bits per heavy atom. The third-order valence-electron chi connectivity index (χ3n) is 3.50. The highest BCUT2D eigenvalue weighted by Crippen LogP contribution is 2.20. The summed E-state index contributed by atoms with van der Waals surface area (Å²) in [4.78, 5) is 11.1. The first-order chi connectivity index (χ1) is 8.28. The summed E-state index contributed by atoms with van der Waals surface area (Å²) in [5, 5.41) is 0. The number of nitrogens with zero attached hydrogens (tertiary/aromatic N) is 3. The lowest BCUT2D eigenvalue weighted by Gasteiger charge is -2.31. The van der Waals surface area contributed by atoms with Crippen molar-refractivity contribution in [3.8, 4) is 0 Å². The topological polar surface area (TPSA) is 55.0 Å². The SMILES string of the molecule is Cc1nccc(CN2CCC(CCN)CC2)n1. The van der Waals surface area contributed by atoms with E-state index in [1.54, 1.807) is 0 Å². The lowest BCUT2D eigenvalue weighted by Crippen LogP contribution is -2.34. The van der Waals surface area contributed by atoms with Crippen LogP contribution < -0.4 is 5.73 Å². The van der Waals surface area contributed by atoms with Crippen LogP contribution in [0.25, 0.3) is 0 Å². The first-order valence-corrected chi connectivity index (χ1v) is 6.49. The fraction of sp³-hybridized carbons (Fsp3) is 0.692. The Bertz CT molecular complexity index is 345. The molecule has 1 aliphatic heterocycles. The number of hydrogen-bond donors (Lipinski definition) is 1. The molecule has 4 heteroatoms. The Hall–Kier alpha value is -1.00. The van der Waals surface area contributed by atoms with E-state index in [9.17, 15) is 0 Å². The zero-order chi connectivity index (χ0) is 12.1. The van der Waals surface area contributed by atoms with E-state index < -0.39 is 0 Å². The molecule has 2 heterocycles. The van der Waals surface area contributed by atoms with Gasteiger partial charge in [0.25, 0.3) is 0 Å². The minimum atomic E-state index is 0.829. The van der Waals surface area contributed by atoms with E-state index in [4.69, 9.17) is 5.73 Å². The highest BCUT2D eigenvalue weighted by Gasteiger charge is 2.18. The molecule has 0 spiro atoms. The minimum Gasteiger partial charge on any atom is -0.330 e. The highest BCUT2D eigenvalue weighted by molar-refractivity contribution is 5.01. The lowest BCUT2D eigenvalue weighted by molar-refractivity contribution is 0.172. The van der Waals surface area contributed by atoms with Gasteiger partial charge in [-0.15, -0.1) is 0 Å². The molecule has 2 N–H and O–H groups in total. The Kier molecular flexibility index (Phi) is 4.45. The van der Waals surface area contributed by atoms with E-state index in [0.717, 1.165) is 30.5 Å². The predicted octanol–water partition coefficient (Wildman–Crippen LogP) is 1.35. The van der Waals surface area contributed by atoms with Crippen molar-refractivity contribution < 1.29 is 0 Å². The van der Waals surface area contributed by atoms with Crippen LogP contribution in [0, 0.1) is 12.8 Å². The fourth-order valence-corrected chi connectivity index (χ4v) is 2.49. The van der Waals surface area contributed by atoms with Crippen molar-refractivity contribution in [2.75, 3.05) is 19.6 Å². The summed E-state index contributed by atoms with van der Waals surface area (Å²) >= 11 is 0. The van der Waals surface area contributed by atoms with Crippen LogP contribution in [-0.2, 0) is 6.54 Å². The Morgan fingerprint density at radius 2 is 2.18 bits per heavy atom. The Labute approximate surface area is 103 Å². The molecule has 0 unspecified atom stereocenters. The second-order valence-electron chi connectivity index (χ2n) is 4.89. The van der Waals surface area contributed by atoms with Gasteiger partial charge < -0.3 is 5.73 Å². The van der Waals surface area contributed by atoms with Crippen LogP contribution in [0.4, 0.5) is 0 Å². The van der Waals surface area contributed by atoms with Crippen molar-refractivity contribution in [2.45, 2.75) is 32.7 Å². The molecule has 0 aromatic carbocycles. The van der Waals surface area contributed by atoms with Crippen LogP contribution in [0.2, 0.25) is 0 Å². The van der Waals surface area contributed by atoms with E-state index in [2.05, 4.69) is 14.9 Å². The third-order valence-corrected chi connectivity index (χ3v) is 3.50. The second kappa shape index (κ2) is 6.07. The number of rotatable bonds is 4. The molecule has 2 rings (SSSR count). The zero-order valence-electron chi connectivity index (χ0n) is 10.6. The van der Waals surface area contributed by atoms with Crippen LogP contribution in [0.1, 0.15) is 30.8 Å². The number of aromatic nitrogens is 2. The number of hydrogen-bond acceptors (Lipinski definition) is 4. The molecule has 0 aliphatic carbocycles. The minimum absolute atomic E-state index is 0.829. The van der Waals surface area contributed by atoms with Crippen LogP contribution in [0.15, 0.2) is 12.3 Å². The molecule has 0 bridgehead atoms. The molecule has 1 aliphatic rings. The van der Waals surface area contributed by atoms with Gasteiger partial charge in [0.2, 0.25) is 0 Å². The maximum Gasteiger partial charge on any atom is 0.125 e. The van der Waals surface area contributed by atoms with Gasteiger partial charge >= 0.3 is 0 Å². The molecule has 0 amide bonds. The van der Waals surface area contributed by atoms with E-state index in [1.165, 1.54) is 32.4 Å². The van der Waals surface area contributed by atoms with E-state index in [1.807, 2.05) is 19.2 Å². The van der Waals surface area contributed by atoms with Crippen LogP contribution in [0.5, 0.6) is 0 Å². The van der Waals surface area contributed by atoms with Crippen LogP contribution in [0.3, 0.4) is 0 Å². The number of aryl methyl sites for hydroxylation is 1.